The minimum Gasteiger partial charge on any atom is -0.205 e. The van der Waals surface area contributed by atoms with E-state index in [1.165, 1.54) is 0 Å². The summed E-state index contributed by atoms with van der Waals surface area (Å²) in [7, 11) is 0. The van der Waals surface area contributed by atoms with Crippen LogP contribution in [0.4, 0.5) is 5.69 Å². The van der Waals surface area contributed by atoms with E-state index in [4.69, 9.17) is 0 Å². The standard InChI is InChI=1S/C14H10BrN/c15-14(12-7-3-1-4-8-12)11-16-13-9-5-2-6-10-13/h1-10H. The molecule has 0 amide bonds. The molecule has 2 aromatic carbocycles. The molecule has 0 saturated carbocycles. The van der Waals surface area contributed by atoms with E-state index in [0.717, 1.165) is 15.7 Å². The normalized spacial score (nSPS) is 9.31. The Morgan fingerprint density at radius 3 is 2.06 bits per heavy atom. The Kier molecular flexibility index (Phi) is 3.71. The van der Waals surface area contributed by atoms with Crippen LogP contribution in [0.1, 0.15) is 5.56 Å². The van der Waals surface area contributed by atoms with Crippen molar-refractivity contribution in [3.63, 3.8) is 0 Å². The molecule has 0 unspecified atom stereocenters. The van der Waals surface area contributed by atoms with Crippen molar-refractivity contribution in [3.05, 3.63) is 66.2 Å². The van der Waals surface area contributed by atoms with Gasteiger partial charge in [0.05, 0.1) is 10.2 Å². The second-order valence-corrected chi connectivity index (χ2v) is 4.03. The van der Waals surface area contributed by atoms with Crippen LogP contribution in [0.15, 0.2) is 65.7 Å². The number of aliphatic imine (C=N–C) groups is 1. The topological polar surface area (TPSA) is 12.4 Å². The first-order valence-electron chi connectivity index (χ1n) is 4.96. The number of benzene rings is 2. The van der Waals surface area contributed by atoms with Crippen LogP contribution < -0.4 is 0 Å². The molecule has 0 saturated heterocycles. The van der Waals surface area contributed by atoms with Crippen molar-refractivity contribution in [2.45, 2.75) is 0 Å². The Morgan fingerprint density at radius 2 is 1.44 bits per heavy atom. The molecule has 0 atom stereocenters. The van der Waals surface area contributed by atoms with Gasteiger partial charge in [0.15, 0.2) is 0 Å². The third-order valence-electron chi connectivity index (χ3n) is 2.07. The predicted molar refractivity (Wildman–Crippen MR) is 72.3 cm³/mol. The molecule has 16 heavy (non-hydrogen) atoms. The van der Waals surface area contributed by atoms with E-state index in [1.54, 1.807) is 0 Å². The van der Waals surface area contributed by atoms with Crippen molar-refractivity contribution >= 4 is 32.0 Å². The van der Waals surface area contributed by atoms with Crippen LogP contribution in [0.5, 0.6) is 0 Å². The highest BCUT2D eigenvalue weighted by Crippen LogP contribution is 2.18. The van der Waals surface area contributed by atoms with E-state index < -0.39 is 0 Å². The minimum atomic E-state index is 0.858. The lowest BCUT2D eigenvalue weighted by atomic mass is 10.2. The molecule has 0 heterocycles. The van der Waals surface area contributed by atoms with Crippen LogP contribution in [0, 0.1) is 0 Å². The van der Waals surface area contributed by atoms with Gasteiger partial charge in [-0.05, 0) is 33.6 Å². The fraction of sp³-hybridized carbons (Fsp3) is 0. The Bertz CT molecular complexity index is 511. The summed E-state index contributed by atoms with van der Waals surface area (Å²) in [6, 6.07) is 19.7. The largest absolute Gasteiger partial charge is 0.205 e. The second-order valence-electron chi connectivity index (χ2n) is 3.24. The summed E-state index contributed by atoms with van der Waals surface area (Å²) in [5.74, 6) is 2.97. The van der Waals surface area contributed by atoms with Gasteiger partial charge in [0.2, 0.25) is 0 Å². The van der Waals surface area contributed by atoms with Gasteiger partial charge < -0.3 is 0 Å². The summed E-state index contributed by atoms with van der Waals surface area (Å²) in [5.41, 5.74) is 1.97. The molecule has 1 nitrogen and oxygen atoms in total. The van der Waals surface area contributed by atoms with Crippen molar-refractivity contribution < 1.29 is 0 Å². The lowest BCUT2D eigenvalue weighted by molar-refractivity contribution is 1.55. The molecule has 0 aliphatic rings. The van der Waals surface area contributed by atoms with E-state index in [2.05, 4.69) is 26.8 Å². The quantitative estimate of drug-likeness (QED) is 0.717. The highest BCUT2D eigenvalue weighted by Gasteiger charge is 1.93. The predicted octanol–water partition coefficient (Wildman–Crippen LogP) is 4.42. The molecule has 0 radical (unpaired) electrons. The Labute approximate surface area is 103 Å². The van der Waals surface area contributed by atoms with E-state index in [0.29, 0.717) is 0 Å². The summed E-state index contributed by atoms with van der Waals surface area (Å²) < 4.78 is 0.858. The first-order valence-corrected chi connectivity index (χ1v) is 5.75. The lowest BCUT2D eigenvalue weighted by Gasteiger charge is -1.93. The molecule has 0 aromatic heterocycles. The molecule has 0 N–H and O–H groups in total. The molecule has 0 aliphatic carbocycles. The van der Waals surface area contributed by atoms with E-state index >= 15 is 0 Å². The molecular weight excluding hydrogens is 262 g/mol. The lowest BCUT2D eigenvalue weighted by Crippen LogP contribution is -1.74. The Balaban J connectivity index is 2.29. The van der Waals surface area contributed by atoms with Gasteiger partial charge in [0.25, 0.3) is 0 Å². The number of rotatable bonds is 2. The number of halogens is 1. The monoisotopic (exact) mass is 271 g/mol. The number of hydrogen-bond donors (Lipinski definition) is 0. The fourth-order valence-electron chi connectivity index (χ4n) is 1.27. The SMILES string of the molecule is BrC(=C=Nc1ccccc1)c1ccccc1. The maximum atomic E-state index is 4.25. The van der Waals surface area contributed by atoms with Gasteiger partial charge in [0.1, 0.15) is 0 Å². The molecule has 0 bridgehead atoms. The summed E-state index contributed by atoms with van der Waals surface area (Å²) in [4.78, 5) is 4.25. The smallest absolute Gasteiger partial charge is 0.0861 e. The molecule has 0 aliphatic heterocycles. The second kappa shape index (κ2) is 5.45. The Morgan fingerprint density at radius 1 is 0.875 bits per heavy atom. The summed E-state index contributed by atoms with van der Waals surface area (Å²) in [6.07, 6.45) is 0. The van der Waals surface area contributed by atoms with Crippen molar-refractivity contribution in [2.75, 3.05) is 0 Å². The minimum absolute atomic E-state index is 0.858. The first-order chi connectivity index (χ1) is 7.86. The van der Waals surface area contributed by atoms with Gasteiger partial charge in [-0.15, -0.1) is 0 Å². The van der Waals surface area contributed by atoms with Crippen molar-refractivity contribution in [1.82, 2.24) is 0 Å². The zero-order chi connectivity index (χ0) is 11.2. The Hall–Kier alpha value is -1.63. The van der Waals surface area contributed by atoms with E-state index in [-0.39, 0.29) is 0 Å². The molecule has 2 rings (SSSR count). The van der Waals surface area contributed by atoms with Crippen molar-refractivity contribution in [3.8, 4) is 0 Å². The number of hydrogen-bond acceptors (Lipinski definition) is 1. The van der Waals surface area contributed by atoms with Gasteiger partial charge in [-0.3, -0.25) is 0 Å². The van der Waals surface area contributed by atoms with E-state index in [1.807, 2.05) is 60.7 Å². The average molecular weight is 272 g/mol. The third kappa shape index (κ3) is 2.93. The van der Waals surface area contributed by atoms with Gasteiger partial charge in [-0.2, -0.15) is 0 Å². The van der Waals surface area contributed by atoms with Gasteiger partial charge in [0, 0.05) is 5.87 Å². The maximum Gasteiger partial charge on any atom is 0.0861 e. The number of para-hydroxylation sites is 1. The summed E-state index contributed by atoms with van der Waals surface area (Å²) >= 11 is 3.46. The average Bonchev–Trinajstić information content (AvgIpc) is 2.38. The van der Waals surface area contributed by atoms with Crippen LogP contribution in [0.2, 0.25) is 0 Å². The van der Waals surface area contributed by atoms with Crippen molar-refractivity contribution in [2.24, 2.45) is 4.99 Å². The van der Waals surface area contributed by atoms with Gasteiger partial charge in [-0.1, -0.05) is 48.5 Å². The summed E-state index contributed by atoms with van der Waals surface area (Å²) in [6.45, 7) is 0. The van der Waals surface area contributed by atoms with Gasteiger partial charge in [-0.25, -0.2) is 4.99 Å². The maximum absolute atomic E-state index is 4.25. The van der Waals surface area contributed by atoms with Crippen LogP contribution in [-0.4, -0.2) is 5.87 Å². The highest BCUT2D eigenvalue weighted by molar-refractivity contribution is 9.15. The first kappa shape index (κ1) is 10.9. The van der Waals surface area contributed by atoms with E-state index in [9.17, 15) is 0 Å². The molecule has 0 fully saturated rings. The fourth-order valence-corrected chi connectivity index (χ4v) is 1.62. The highest BCUT2D eigenvalue weighted by atomic mass is 79.9. The zero-order valence-corrected chi connectivity index (χ0v) is 10.2. The van der Waals surface area contributed by atoms with Crippen LogP contribution in [-0.2, 0) is 0 Å². The molecular formula is C14H10BrN. The van der Waals surface area contributed by atoms with Crippen molar-refractivity contribution in [1.29, 1.82) is 0 Å². The third-order valence-corrected chi connectivity index (χ3v) is 2.70. The molecule has 2 heteroatoms. The van der Waals surface area contributed by atoms with Crippen LogP contribution in [0.25, 0.3) is 4.48 Å². The van der Waals surface area contributed by atoms with Crippen LogP contribution in [0.3, 0.4) is 0 Å². The molecule has 78 valence electrons. The van der Waals surface area contributed by atoms with Crippen LogP contribution >= 0.6 is 15.9 Å². The number of nitrogens with zero attached hydrogens (tertiary/aromatic N) is 1. The van der Waals surface area contributed by atoms with Gasteiger partial charge >= 0.3 is 0 Å². The zero-order valence-electron chi connectivity index (χ0n) is 8.60. The molecule has 2 aromatic rings. The molecule has 0 spiro atoms. The summed E-state index contributed by atoms with van der Waals surface area (Å²) in [5, 5.41) is 0.